The number of nitrogens with zero attached hydrogens (tertiary/aromatic N) is 1. The van der Waals surface area contributed by atoms with Crippen LogP contribution in [-0.4, -0.2) is 22.8 Å². The minimum absolute atomic E-state index is 0.0236. The first kappa shape index (κ1) is 20.1. The van der Waals surface area contributed by atoms with Crippen molar-refractivity contribution in [1.29, 1.82) is 0 Å². The molecule has 0 saturated carbocycles. The highest BCUT2D eigenvalue weighted by Gasteiger charge is 2.19. The van der Waals surface area contributed by atoms with Crippen molar-refractivity contribution in [3.8, 4) is 5.75 Å². The van der Waals surface area contributed by atoms with E-state index in [0.717, 1.165) is 16.8 Å². The van der Waals surface area contributed by atoms with Crippen LogP contribution in [0.2, 0.25) is 5.02 Å². The fourth-order valence-corrected chi connectivity index (χ4v) is 2.77. The average molecular weight is 414 g/mol. The second kappa shape index (κ2) is 8.57. The zero-order chi connectivity index (χ0) is 21.0. The Morgan fingerprint density at radius 1 is 1.03 bits per heavy atom. The highest BCUT2D eigenvalue weighted by atomic mass is 35.5. The third-order valence-corrected chi connectivity index (χ3v) is 4.43. The van der Waals surface area contributed by atoms with Crippen LogP contribution < -0.4 is 15.6 Å². The number of ether oxygens (including phenoxy) is 1. The molecule has 2 N–H and O–H groups in total. The molecule has 0 aliphatic carbocycles. The first-order chi connectivity index (χ1) is 13.8. The summed E-state index contributed by atoms with van der Waals surface area (Å²) in [5.74, 6) is -0.808. The summed E-state index contributed by atoms with van der Waals surface area (Å²) in [5, 5.41) is 12.8. The second-order valence-corrected chi connectivity index (χ2v) is 6.54. The topological polar surface area (TPSA) is 111 Å². The summed E-state index contributed by atoms with van der Waals surface area (Å²) in [6.07, 6.45) is -0.893. The van der Waals surface area contributed by atoms with Crippen LogP contribution in [0.4, 0.5) is 5.69 Å². The van der Waals surface area contributed by atoms with E-state index in [1.54, 1.807) is 6.07 Å². The molecule has 0 bridgehead atoms. The van der Waals surface area contributed by atoms with Gasteiger partial charge >= 0.3 is 0 Å². The van der Waals surface area contributed by atoms with Crippen LogP contribution in [0.1, 0.15) is 17.3 Å². The van der Waals surface area contributed by atoms with Crippen LogP contribution in [0, 0.1) is 10.1 Å². The summed E-state index contributed by atoms with van der Waals surface area (Å²) >= 11 is 5.72. The number of hydrogen-bond donors (Lipinski definition) is 2. The second-order valence-electron chi connectivity index (χ2n) is 6.14. The Hall–Kier alpha value is -3.65. The Morgan fingerprint density at radius 3 is 2.48 bits per heavy atom. The fraction of sp³-hybridized carbons (Fsp3) is 0.100. The predicted molar refractivity (Wildman–Crippen MR) is 108 cm³/mol. The molecule has 2 amide bonds. The van der Waals surface area contributed by atoms with E-state index in [2.05, 4.69) is 10.9 Å². The van der Waals surface area contributed by atoms with Crippen molar-refractivity contribution in [3.05, 3.63) is 81.4 Å². The highest BCUT2D eigenvalue weighted by Crippen LogP contribution is 2.25. The van der Waals surface area contributed by atoms with E-state index >= 15 is 0 Å². The van der Waals surface area contributed by atoms with Gasteiger partial charge in [0.2, 0.25) is 0 Å². The maximum atomic E-state index is 12.2. The molecular formula is C20H16ClN3O5. The lowest BCUT2D eigenvalue weighted by Gasteiger charge is -2.15. The molecule has 3 rings (SSSR count). The molecule has 0 spiro atoms. The molecule has 0 aliphatic heterocycles. The number of nitro benzene ring substituents is 1. The predicted octanol–water partition coefficient (Wildman–Crippen LogP) is 3.63. The van der Waals surface area contributed by atoms with Crippen molar-refractivity contribution in [1.82, 2.24) is 10.9 Å². The normalized spacial score (nSPS) is 11.5. The lowest BCUT2D eigenvalue weighted by atomic mass is 10.1. The molecule has 1 atom stereocenters. The van der Waals surface area contributed by atoms with Crippen molar-refractivity contribution in [3.63, 3.8) is 0 Å². The number of halogens is 1. The third-order valence-electron chi connectivity index (χ3n) is 4.11. The number of carbonyl (C=O) groups excluding carboxylic acids is 2. The van der Waals surface area contributed by atoms with Gasteiger partial charge in [0.05, 0.1) is 4.92 Å². The number of fused-ring (bicyclic) bond motifs is 1. The van der Waals surface area contributed by atoms with Gasteiger partial charge in [-0.05, 0) is 42.0 Å². The van der Waals surface area contributed by atoms with Crippen LogP contribution in [0.15, 0.2) is 60.7 Å². The molecule has 3 aromatic carbocycles. The summed E-state index contributed by atoms with van der Waals surface area (Å²) in [4.78, 5) is 34.5. The molecule has 8 nitrogen and oxygen atoms in total. The SMILES string of the molecule is C[C@H](Oc1ccc2ccccc2c1)C(=O)NNC(=O)c1ccc(Cl)c([N+](=O)[O-])c1. The van der Waals surface area contributed by atoms with Gasteiger partial charge in [-0.25, -0.2) is 0 Å². The Bertz CT molecular complexity index is 1100. The minimum atomic E-state index is -0.893. The summed E-state index contributed by atoms with van der Waals surface area (Å²) < 4.78 is 5.62. The van der Waals surface area contributed by atoms with E-state index in [1.165, 1.54) is 19.1 Å². The highest BCUT2D eigenvalue weighted by molar-refractivity contribution is 6.32. The monoisotopic (exact) mass is 413 g/mol. The van der Waals surface area contributed by atoms with E-state index < -0.39 is 28.5 Å². The van der Waals surface area contributed by atoms with Crippen molar-refractivity contribution in [2.75, 3.05) is 0 Å². The summed E-state index contributed by atoms with van der Waals surface area (Å²) in [6.45, 7) is 1.53. The Morgan fingerprint density at radius 2 is 1.76 bits per heavy atom. The first-order valence-corrected chi connectivity index (χ1v) is 8.92. The summed E-state index contributed by atoms with van der Waals surface area (Å²) in [6, 6.07) is 16.7. The quantitative estimate of drug-likeness (QED) is 0.490. The standard InChI is InChI=1S/C20H16ClN3O5/c1-12(29-16-8-6-13-4-2-3-5-14(13)10-16)19(25)22-23-20(26)15-7-9-17(21)18(11-15)24(27)28/h2-12H,1H3,(H,22,25)(H,23,26)/t12-/m0/s1. The van der Waals surface area contributed by atoms with Gasteiger partial charge in [-0.1, -0.05) is 41.9 Å². The van der Waals surface area contributed by atoms with E-state index in [0.29, 0.717) is 5.75 Å². The van der Waals surface area contributed by atoms with Gasteiger partial charge in [-0.2, -0.15) is 0 Å². The molecule has 9 heteroatoms. The van der Waals surface area contributed by atoms with Crippen molar-refractivity contribution in [2.24, 2.45) is 0 Å². The number of rotatable bonds is 5. The van der Waals surface area contributed by atoms with Crippen LogP contribution in [0.3, 0.4) is 0 Å². The van der Waals surface area contributed by atoms with Gasteiger partial charge in [0, 0.05) is 11.6 Å². The number of carbonyl (C=O) groups is 2. The molecule has 29 heavy (non-hydrogen) atoms. The molecule has 0 aliphatic rings. The molecule has 0 saturated heterocycles. The van der Waals surface area contributed by atoms with Crippen LogP contribution in [-0.2, 0) is 4.79 Å². The van der Waals surface area contributed by atoms with Crippen LogP contribution >= 0.6 is 11.6 Å². The molecular weight excluding hydrogens is 398 g/mol. The van der Waals surface area contributed by atoms with Crippen LogP contribution in [0.5, 0.6) is 5.75 Å². The fourth-order valence-electron chi connectivity index (χ4n) is 2.58. The van der Waals surface area contributed by atoms with Gasteiger partial charge in [0.1, 0.15) is 10.8 Å². The Balaban J connectivity index is 1.60. The van der Waals surface area contributed by atoms with Crippen molar-refractivity contribution >= 4 is 39.9 Å². The Kier molecular flexibility index (Phi) is 5.94. The van der Waals surface area contributed by atoms with E-state index in [9.17, 15) is 19.7 Å². The largest absolute Gasteiger partial charge is 0.481 e. The van der Waals surface area contributed by atoms with Gasteiger partial charge in [0.15, 0.2) is 6.10 Å². The maximum absolute atomic E-state index is 12.2. The average Bonchev–Trinajstić information content (AvgIpc) is 2.71. The number of hydrazine groups is 1. The number of nitro groups is 1. The molecule has 0 fully saturated rings. The van der Waals surface area contributed by atoms with Crippen molar-refractivity contribution < 1.29 is 19.2 Å². The van der Waals surface area contributed by atoms with E-state index in [-0.39, 0.29) is 10.6 Å². The zero-order valence-corrected chi connectivity index (χ0v) is 16.0. The number of hydrogen-bond acceptors (Lipinski definition) is 5. The minimum Gasteiger partial charge on any atom is -0.481 e. The van der Waals surface area contributed by atoms with Crippen molar-refractivity contribution in [2.45, 2.75) is 13.0 Å². The van der Waals surface area contributed by atoms with E-state index in [4.69, 9.17) is 16.3 Å². The third kappa shape index (κ3) is 4.80. The lowest BCUT2D eigenvalue weighted by molar-refractivity contribution is -0.384. The molecule has 3 aromatic rings. The van der Waals surface area contributed by atoms with Gasteiger partial charge < -0.3 is 4.74 Å². The molecule has 148 valence electrons. The first-order valence-electron chi connectivity index (χ1n) is 8.55. The van der Waals surface area contributed by atoms with E-state index in [1.807, 2.05) is 36.4 Å². The van der Waals surface area contributed by atoms with Crippen LogP contribution in [0.25, 0.3) is 10.8 Å². The summed E-state index contributed by atoms with van der Waals surface area (Å²) in [5.41, 5.74) is 4.00. The molecule has 0 heterocycles. The summed E-state index contributed by atoms with van der Waals surface area (Å²) in [7, 11) is 0. The zero-order valence-electron chi connectivity index (χ0n) is 15.2. The maximum Gasteiger partial charge on any atom is 0.288 e. The smallest absolute Gasteiger partial charge is 0.288 e. The lowest BCUT2D eigenvalue weighted by Crippen LogP contribution is -2.47. The van der Waals surface area contributed by atoms with Gasteiger partial charge in [-0.3, -0.25) is 30.6 Å². The molecule has 0 aromatic heterocycles. The number of benzene rings is 3. The molecule has 0 radical (unpaired) electrons. The molecule has 0 unspecified atom stereocenters. The number of amides is 2. The van der Waals surface area contributed by atoms with Gasteiger partial charge in [0.25, 0.3) is 17.5 Å². The van der Waals surface area contributed by atoms with Gasteiger partial charge in [-0.15, -0.1) is 0 Å². The number of nitrogens with one attached hydrogen (secondary N) is 2. The Labute approximate surface area is 170 Å².